The summed E-state index contributed by atoms with van der Waals surface area (Å²) in [5.41, 5.74) is 3.32. The number of fused-ring (bicyclic) bond motifs is 5. The Morgan fingerprint density at radius 3 is 0.507 bits per heavy atom. The van der Waals surface area contributed by atoms with Gasteiger partial charge in [0.25, 0.3) is 0 Å². The molecule has 0 aliphatic carbocycles. The van der Waals surface area contributed by atoms with Crippen LogP contribution in [0.3, 0.4) is 0 Å². The first-order valence-corrected chi connectivity index (χ1v) is 24.0. The van der Waals surface area contributed by atoms with Gasteiger partial charge >= 0.3 is 0 Å². The van der Waals surface area contributed by atoms with Gasteiger partial charge in [-0.25, -0.2) is 0 Å². The van der Waals surface area contributed by atoms with Crippen LogP contribution in [-0.4, -0.2) is 0 Å². The van der Waals surface area contributed by atoms with Gasteiger partial charge in [-0.05, 0) is 71.7 Å². The largest absolute Gasteiger partial charge is 0.0623 e. The first kappa shape index (κ1) is 59.0. The molecule has 0 unspecified atom stereocenters. The van der Waals surface area contributed by atoms with E-state index in [1.54, 1.807) is 0 Å². The van der Waals surface area contributed by atoms with Crippen LogP contribution in [0.4, 0.5) is 0 Å². The van der Waals surface area contributed by atoms with Gasteiger partial charge in [0.05, 0.1) is 0 Å². The lowest BCUT2D eigenvalue weighted by Crippen LogP contribution is -1.93. The van der Waals surface area contributed by atoms with Crippen molar-refractivity contribution in [2.75, 3.05) is 0 Å². The highest BCUT2D eigenvalue weighted by atomic mass is 14.0. The zero-order valence-corrected chi connectivity index (χ0v) is 44.9. The molecule has 0 amide bonds. The fourth-order valence-electron chi connectivity index (χ4n) is 5.14. The average molecular weight is 893 g/mol. The van der Waals surface area contributed by atoms with Crippen molar-refractivity contribution in [1.29, 1.82) is 0 Å². The van der Waals surface area contributed by atoms with Crippen molar-refractivity contribution in [3.8, 4) is 0 Å². The van der Waals surface area contributed by atoms with E-state index in [1.807, 2.05) is 54.6 Å². The second-order valence-corrected chi connectivity index (χ2v) is 23.0. The molecule has 0 saturated carbocycles. The summed E-state index contributed by atoms with van der Waals surface area (Å²) in [6, 6.07) is 77.1. The van der Waals surface area contributed by atoms with E-state index < -0.39 is 0 Å². The maximum absolute atomic E-state index is 2.19. The van der Waals surface area contributed by atoms with Gasteiger partial charge in [0.2, 0.25) is 0 Å². The van der Waals surface area contributed by atoms with Crippen molar-refractivity contribution in [2.45, 2.75) is 118 Å². The van der Waals surface area contributed by atoms with Crippen LogP contribution in [-0.2, 0) is 0 Å². The van der Waals surface area contributed by atoms with Crippen LogP contribution in [0.25, 0.3) is 43.1 Å². The lowest BCUT2D eigenvalue weighted by molar-refractivity contribution is 0.469. The number of rotatable bonds is 0. The Kier molecular flexibility index (Phi) is 27.4. The molecule has 0 heterocycles. The minimum atomic E-state index is 0.500. The predicted octanol–water partition coefficient (Wildman–Crippen LogP) is 21.6. The van der Waals surface area contributed by atoms with Crippen molar-refractivity contribution in [1.82, 2.24) is 0 Å². The Labute approximate surface area is 410 Å². The summed E-state index contributed by atoms with van der Waals surface area (Å²) in [5.74, 6) is 0. The van der Waals surface area contributed by atoms with Gasteiger partial charge in [0, 0.05) is 0 Å². The van der Waals surface area contributed by atoms with Crippen LogP contribution in [0.15, 0.2) is 224 Å². The molecular weight excluding hydrogens is 805 g/mol. The molecule has 9 aromatic carbocycles. The van der Waals surface area contributed by atoms with E-state index in [0.29, 0.717) is 21.7 Å². The normalized spacial score (nSPS) is 10.5. The second-order valence-electron chi connectivity index (χ2n) is 23.0. The summed E-state index contributed by atoms with van der Waals surface area (Å²) < 4.78 is 0. The zero-order valence-electron chi connectivity index (χ0n) is 44.9. The summed E-state index contributed by atoms with van der Waals surface area (Å²) >= 11 is 0. The quantitative estimate of drug-likeness (QED) is 0.133. The van der Waals surface area contributed by atoms with Crippen molar-refractivity contribution in [3.05, 3.63) is 230 Å². The molecule has 0 fully saturated rings. The Hall–Kier alpha value is -5.98. The highest BCUT2D eigenvalue weighted by molar-refractivity contribution is 6.07. The van der Waals surface area contributed by atoms with Gasteiger partial charge in [0.15, 0.2) is 0 Å². The molecule has 356 valence electrons. The van der Waals surface area contributed by atoms with Gasteiger partial charge < -0.3 is 0 Å². The third-order valence-electron chi connectivity index (χ3n) is 7.58. The summed E-state index contributed by atoms with van der Waals surface area (Å²) in [7, 11) is 0. The summed E-state index contributed by atoms with van der Waals surface area (Å²) in [4.78, 5) is 0. The number of aryl methyl sites for hydroxylation is 1. The molecule has 0 aliphatic rings. The molecule has 0 bridgehead atoms. The summed E-state index contributed by atoms with van der Waals surface area (Å²) in [6.07, 6.45) is 0. The average Bonchev–Trinajstić information content (AvgIpc) is 3.26. The third-order valence-corrected chi connectivity index (χ3v) is 7.58. The molecule has 0 nitrogen and oxygen atoms in total. The van der Waals surface area contributed by atoms with Crippen LogP contribution in [0, 0.1) is 28.6 Å². The first-order chi connectivity index (χ1) is 31.3. The lowest BCUT2D eigenvalue weighted by atomic mass is 10.0. The molecule has 0 N–H and O–H groups in total. The Morgan fingerprint density at radius 2 is 0.328 bits per heavy atom. The topological polar surface area (TPSA) is 0 Å². The maximum Gasteiger partial charge on any atom is -0.0105 e. The minimum absolute atomic E-state index is 0.500. The second kappa shape index (κ2) is 31.1. The minimum Gasteiger partial charge on any atom is -0.0623 e. The molecule has 9 aromatic rings. The predicted molar refractivity (Wildman–Crippen MR) is 307 cm³/mol. The van der Waals surface area contributed by atoms with Crippen LogP contribution < -0.4 is 0 Å². The van der Waals surface area contributed by atoms with Crippen LogP contribution in [0.1, 0.15) is 116 Å². The number of hydrogen-bond donors (Lipinski definition) is 0. The molecule has 0 atom stereocenters. The smallest absolute Gasteiger partial charge is 0.0105 e. The van der Waals surface area contributed by atoms with Gasteiger partial charge in [-0.1, -0.05) is 341 Å². The molecule has 0 spiro atoms. The monoisotopic (exact) mass is 893 g/mol. The van der Waals surface area contributed by atoms with Crippen molar-refractivity contribution in [2.24, 2.45) is 21.7 Å². The standard InChI is InChI=1S/C14H10.2C10H8.C7H8.C6H6.4C5H12/c1-3-7-13-11(5-1)9-10-12-6-2-4-8-14(12)13;2*1-2-6-10-8-4-3-7-9(10)5-1;1-7-5-3-2-4-6-7;1-2-4-6-5-3-1;4*1-5(2,3)4/h1-10H;2*1-8H;2-6H,1H3;1-6H;4*1-4H3. The van der Waals surface area contributed by atoms with Crippen molar-refractivity contribution >= 4 is 43.1 Å². The number of benzene rings is 9. The summed E-state index contributed by atoms with van der Waals surface area (Å²) in [6.45, 7) is 37.1. The van der Waals surface area contributed by atoms with E-state index in [9.17, 15) is 0 Å². The van der Waals surface area contributed by atoms with Crippen LogP contribution in [0.2, 0.25) is 0 Å². The lowest BCUT2D eigenvalue weighted by Gasteiger charge is -2.05. The Bertz CT molecular complexity index is 2230. The SMILES string of the molecule is CC(C)(C)C.CC(C)(C)C.CC(C)(C)C.CC(C)(C)C.Cc1ccccc1.c1ccc2c(c1)ccc1ccccc12.c1ccc2ccccc2c1.c1ccc2ccccc2c1.c1ccccc1. The highest BCUT2D eigenvalue weighted by Gasteiger charge is 1.99. The van der Waals surface area contributed by atoms with Crippen LogP contribution >= 0.6 is 0 Å². The highest BCUT2D eigenvalue weighted by Crippen LogP contribution is 2.24. The number of hydrogen-bond acceptors (Lipinski definition) is 0. The van der Waals surface area contributed by atoms with E-state index in [2.05, 4.69) is 288 Å². The molecule has 0 radical (unpaired) electrons. The third kappa shape index (κ3) is 35.9. The van der Waals surface area contributed by atoms with E-state index in [0.717, 1.165) is 0 Å². The first-order valence-electron chi connectivity index (χ1n) is 24.0. The van der Waals surface area contributed by atoms with Gasteiger partial charge in [-0.2, -0.15) is 0 Å². The van der Waals surface area contributed by atoms with E-state index in [1.165, 1.54) is 48.7 Å². The summed E-state index contributed by atoms with van der Waals surface area (Å²) in [5, 5.41) is 10.5. The van der Waals surface area contributed by atoms with E-state index >= 15 is 0 Å². The van der Waals surface area contributed by atoms with E-state index in [-0.39, 0.29) is 0 Å². The molecule has 0 aliphatic heterocycles. The maximum atomic E-state index is 2.19. The van der Waals surface area contributed by atoms with E-state index in [4.69, 9.17) is 0 Å². The molecule has 67 heavy (non-hydrogen) atoms. The molecular formula is C67H88. The Balaban J connectivity index is 0.000000389. The van der Waals surface area contributed by atoms with Crippen molar-refractivity contribution < 1.29 is 0 Å². The molecule has 0 aromatic heterocycles. The zero-order chi connectivity index (χ0) is 50.4. The molecule has 0 heteroatoms. The van der Waals surface area contributed by atoms with Gasteiger partial charge in [0.1, 0.15) is 0 Å². The van der Waals surface area contributed by atoms with Crippen LogP contribution in [0.5, 0.6) is 0 Å². The fourth-order valence-corrected chi connectivity index (χ4v) is 5.14. The van der Waals surface area contributed by atoms with Gasteiger partial charge in [-0.15, -0.1) is 0 Å². The fraction of sp³-hybridized carbons (Fsp3) is 0.313. The molecule has 0 saturated heterocycles. The Morgan fingerprint density at radius 1 is 0.179 bits per heavy atom. The molecule has 9 rings (SSSR count). The van der Waals surface area contributed by atoms with Crippen molar-refractivity contribution in [3.63, 3.8) is 0 Å². The van der Waals surface area contributed by atoms with Gasteiger partial charge in [-0.3, -0.25) is 0 Å².